The molecule has 0 unspecified atom stereocenters. The number of halogens is 1. The molecule has 6 heteroatoms. The van der Waals surface area contributed by atoms with Crippen LogP contribution in [0, 0.1) is 12.7 Å². The average Bonchev–Trinajstić information content (AvgIpc) is 2.70. The molecule has 0 aliphatic rings. The standard InChI is InChI=1S/C13H13FN2O3/c1-7-4-8(12(19-3)9(14)5-7)11-6-10(13(17)18)15-16(11)2/h4-6H,1-3H3,(H,17,18). The van der Waals surface area contributed by atoms with Gasteiger partial charge in [-0.25, -0.2) is 9.18 Å². The van der Waals surface area contributed by atoms with Crippen LogP contribution in [0.1, 0.15) is 16.1 Å². The van der Waals surface area contributed by atoms with Crippen LogP contribution in [0.4, 0.5) is 4.39 Å². The number of hydrogen-bond acceptors (Lipinski definition) is 3. The molecule has 0 amide bonds. The molecule has 1 aromatic heterocycles. The van der Waals surface area contributed by atoms with Gasteiger partial charge in [0.25, 0.3) is 0 Å². The fraction of sp³-hybridized carbons (Fsp3) is 0.231. The first-order valence-corrected chi connectivity index (χ1v) is 5.56. The quantitative estimate of drug-likeness (QED) is 0.923. The third kappa shape index (κ3) is 2.29. The van der Waals surface area contributed by atoms with Crippen molar-refractivity contribution in [2.24, 2.45) is 7.05 Å². The van der Waals surface area contributed by atoms with Gasteiger partial charge in [0.2, 0.25) is 0 Å². The van der Waals surface area contributed by atoms with E-state index >= 15 is 0 Å². The third-order valence-corrected chi connectivity index (χ3v) is 2.77. The Hall–Kier alpha value is -2.37. The molecule has 1 aromatic carbocycles. The number of carboxylic acids is 1. The zero-order chi connectivity index (χ0) is 14.2. The Bertz CT molecular complexity index is 650. The number of aromatic nitrogens is 2. The van der Waals surface area contributed by atoms with Crippen molar-refractivity contribution in [2.45, 2.75) is 6.92 Å². The van der Waals surface area contributed by atoms with Crippen LogP contribution in [0.2, 0.25) is 0 Å². The number of methoxy groups -OCH3 is 1. The Morgan fingerprint density at radius 3 is 2.63 bits per heavy atom. The van der Waals surface area contributed by atoms with Crippen molar-refractivity contribution in [3.63, 3.8) is 0 Å². The molecule has 0 atom stereocenters. The molecule has 1 N–H and O–H groups in total. The summed E-state index contributed by atoms with van der Waals surface area (Å²) in [4.78, 5) is 10.9. The number of nitrogens with zero attached hydrogens (tertiary/aromatic N) is 2. The first kappa shape index (κ1) is 13.1. The van der Waals surface area contributed by atoms with Crippen molar-refractivity contribution in [1.29, 1.82) is 0 Å². The van der Waals surface area contributed by atoms with Crippen LogP contribution < -0.4 is 4.74 Å². The number of hydrogen-bond donors (Lipinski definition) is 1. The van der Waals surface area contributed by atoms with Crippen LogP contribution in [-0.2, 0) is 7.05 Å². The second-order valence-corrected chi connectivity index (χ2v) is 4.17. The zero-order valence-corrected chi connectivity index (χ0v) is 10.8. The van der Waals surface area contributed by atoms with E-state index < -0.39 is 11.8 Å². The Morgan fingerprint density at radius 1 is 1.42 bits per heavy atom. The molecule has 19 heavy (non-hydrogen) atoms. The number of benzene rings is 1. The van der Waals surface area contributed by atoms with Gasteiger partial charge in [-0.15, -0.1) is 0 Å². The molecule has 0 fully saturated rings. The molecule has 100 valence electrons. The normalized spacial score (nSPS) is 10.5. The van der Waals surface area contributed by atoms with Crippen LogP contribution in [0.5, 0.6) is 5.75 Å². The lowest BCUT2D eigenvalue weighted by Crippen LogP contribution is -2.00. The van der Waals surface area contributed by atoms with E-state index in [1.54, 1.807) is 20.0 Å². The minimum absolute atomic E-state index is 0.0746. The van der Waals surface area contributed by atoms with Gasteiger partial charge >= 0.3 is 5.97 Å². The van der Waals surface area contributed by atoms with Gasteiger partial charge in [0.1, 0.15) is 0 Å². The zero-order valence-electron chi connectivity index (χ0n) is 10.8. The first-order valence-electron chi connectivity index (χ1n) is 5.56. The number of carbonyl (C=O) groups is 1. The molecule has 0 spiro atoms. The van der Waals surface area contributed by atoms with E-state index in [0.29, 0.717) is 16.8 Å². The topological polar surface area (TPSA) is 64.3 Å². The molecular formula is C13H13FN2O3. The molecule has 1 heterocycles. The second kappa shape index (κ2) is 4.72. The lowest BCUT2D eigenvalue weighted by atomic mass is 10.1. The summed E-state index contributed by atoms with van der Waals surface area (Å²) in [6.07, 6.45) is 0. The van der Waals surface area contributed by atoms with Gasteiger partial charge in [0.05, 0.1) is 12.8 Å². The van der Waals surface area contributed by atoms with E-state index in [9.17, 15) is 9.18 Å². The highest BCUT2D eigenvalue weighted by Crippen LogP contribution is 2.33. The molecule has 2 aromatic rings. The summed E-state index contributed by atoms with van der Waals surface area (Å²) >= 11 is 0. The van der Waals surface area contributed by atoms with E-state index in [1.807, 2.05) is 0 Å². The number of aryl methyl sites for hydroxylation is 2. The fourth-order valence-corrected chi connectivity index (χ4v) is 1.95. The van der Waals surface area contributed by atoms with Gasteiger partial charge in [-0.2, -0.15) is 5.10 Å². The second-order valence-electron chi connectivity index (χ2n) is 4.17. The lowest BCUT2D eigenvalue weighted by molar-refractivity contribution is 0.0689. The molecule has 0 bridgehead atoms. The summed E-state index contributed by atoms with van der Waals surface area (Å²) in [7, 11) is 2.97. The highest BCUT2D eigenvalue weighted by molar-refractivity contribution is 5.87. The lowest BCUT2D eigenvalue weighted by Gasteiger charge is -2.10. The maximum absolute atomic E-state index is 13.8. The molecule has 0 aliphatic carbocycles. The molecule has 0 saturated carbocycles. The Morgan fingerprint density at radius 2 is 2.11 bits per heavy atom. The van der Waals surface area contributed by atoms with Crippen LogP contribution in [0.25, 0.3) is 11.3 Å². The third-order valence-electron chi connectivity index (χ3n) is 2.77. The van der Waals surface area contributed by atoms with Crippen molar-refractivity contribution in [1.82, 2.24) is 9.78 Å². The molecule has 5 nitrogen and oxygen atoms in total. The van der Waals surface area contributed by atoms with E-state index in [2.05, 4.69) is 5.10 Å². The van der Waals surface area contributed by atoms with Crippen LogP contribution in [0.15, 0.2) is 18.2 Å². The van der Waals surface area contributed by atoms with Crippen molar-refractivity contribution >= 4 is 5.97 Å². The van der Waals surface area contributed by atoms with Crippen LogP contribution in [-0.4, -0.2) is 28.0 Å². The van der Waals surface area contributed by atoms with Gasteiger partial charge < -0.3 is 9.84 Å². The Kier molecular flexibility index (Phi) is 3.25. The van der Waals surface area contributed by atoms with Crippen LogP contribution in [0.3, 0.4) is 0 Å². The van der Waals surface area contributed by atoms with Gasteiger partial charge in [0, 0.05) is 12.6 Å². The Balaban J connectivity index is 2.67. The smallest absolute Gasteiger partial charge is 0.356 e. The Labute approximate surface area is 109 Å². The molecule has 0 aliphatic heterocycles. The van der Waals surface area contributed by atoms with Crippen molar-refractivity contribution in [3.8, 4) is 17.0 Å². The maximum atomic E-state index is 13.8. The van der Waals surface area contributed by atoms with Gasteiger partial charge in [-0.1, -0.05) is 0 Å². The minimum atomic E-state index is -1.13. The van der Waals surface area contributed by atoms with E-state index in [1.165, 1.54) is 23.9 Å². The van der Waals surface area contributed by atoms with Crippen molar-refractivity contribution < 1.29 is 19.0 Å². The summed E-state index contributed by atoms with van der Waals surface area (Å²) in [6, 6.07) is 4.47. The highest BCUT2D eigenvalue weighted by atomic mass is 19.1. The average molecular weight is 264 g/mol. The fourth-order valence-electron chi connectivity index (χ4n) is 1.95. The van der Waals surface area contributed by atoms with E-state index in [0.717, 1.165) is 0 Å². The van der Waals surface area contributed by atoms with Crippen molar-refractivity contribution in [3.05, 3.63) is 35.3 Å². The molecular weight excluding hydrogens is 251 g/mol. The number of carboxylic acid groups (broad SMARTS) is 1. The molecule has 0 radical (unpaired) electrons. The molecule has 0 saturated heterocycles. The largest absolute Gasteiger partial charge is 0.493 e. The van der Waals surface area contributed by atoms with Gasteiger partial charge in [-0.05, 0) is 30.7 Å². The van der Waals surface area contributed by atoms with E-state index in [4.69, 9.17) is 9.84 Å². The van der Waals surface area contributed by atoms with Crippen LogP contribution >= 0.6 is 0 Å². The number of ether oxygens (including phenoxy) is 1. The molecule has 2 rings (SSSR count). The summed E-state index contributed by atoms with van der Waals surface area (Å²) in [5.41, 5.74) is 1.58. The summed E-state index contributed by atoms with van der Waals surface area (Å²) in [6.45, 7) is 1.75. The predicted molar refractivity (Wildman–Crippen MR) is 66.9 cm³/mol. The minimum Gasteiger partial charge on any atom is -0.493 e. The maximum Gasteiger partial charge on any atom is 0.356 e. The SMILES string of the molecule is COc1c(F)cc(C)cc1-c1cc(C(=O)O)nn1C. The van der Waals surface area contributed by atoms with Crippen molar-refractivity contribution in [2.75, 3.05) is 7.11 Å². The summed E-state index contributed by atoms with van der Waals surface area (Å²) in [5, 5.41) is 12.8. The highest BCUT2D eigenvalue weighted by Gasteiger charge is 2.18. The monoisotopic (exact) mass is 264 g/mol. The summed E-state index contributed by atoms with van der Waals surface area (Å²) < 4.78 is 20.3. The van der Waals surface area contributed by atoms with Gasteiger partial charge in [0.15, 0.2) is 17.3 Å². The van der Waals surface area contributed by atoms with Gasteiger partial charge in [-0.3, -0.25) is 4.68 Å². The summed E-state index contributed by atoms with van der Waals surface area (Å²) in [5.74, 6) is -1.55. The number of aromatic carboxylic acids is 1. The number of rotatable bonds is 3. The first-order chi connectivity index (χ1) is 8.93. The predicted octanol–water partition coefficient (Wildman–Crippen LogP) is 2.24. The van der Waals surface area contributed by atoms with E-state index in [-0.39, 0.29) is 11.4 Å².